The molecular weight excluding hydrogens is 222 g/mol. The van der Waals surface area contributed by atoms with Crippen molar-refractivity contribution in [1.29, 1.82) is 0 Å². The standard InChI is InChI=1S/C16H21NO/c1-10-6-11(2)8-14(7-10)16(17-5)15-9-12(3)18-13(15)4/h6-9,16-17H,1-5H3. The highest BCUT2D eigenvalue weighted by molar-refractivity contribution is 5.38. The van der Waals surface area contributed by atoms with Gasteiger partial charge in [0.1, 0.15) is 11.5 Å². The lowest BCUT2D eigenvalue weighted by atomic mass is 9.96. The van der Waals surface area contributed by atoms with Crippen LogP contribution in [-0.4, -0.2) is 7.05 Å². The normalized spacial score (nSPS) is 12.7. The molecule has 0 aliphatic heterocycles. The highest BCUT2D eigenvalue weighted by Crippen LogP contribution is 2.28. The predicted molar refractivity (Wildman–Crippen MR) is 75.0 cm³/mol. The van der Waals surface area contributed by atoms with Crippen molar-refractivity contribution in [2.75, 3.05) is 7.05 Å². The van der Waals surface area contributed by atoms with E-state index in [9.17, 15) is 0 Å². The summed E-state index contributed by atoms with van der Waals surface area (Å²) in [6.45, 7) is 8.29. The number of aryl methyl sites for hydroxylation is 4. The van der Waals surface area contributed by atoms with E-state index in [1.807, 2.05) is 20.9 Å². The third-order valence-electron chi connectivity index (χ3n) is 3.26. The SMILES string of the molecule is CNC(c1cc(C)cc(C)c1)c1cc(C)oc1C. The van der Waals surface area contributed by atoms with Crippen LogP contribution in [0.5, 0.6) is 0 Å². The van der Waals surface area contributed by atoms with Gasteiger partial charge in [-0.1, -0.05) is 29.3 Å². The van der Waals surface area contributed by atoms with E-state index in [1.165, 1.54) is 22.3 Å². The van der Waals surface area contributed by atoms with Crippen LogP contribution < -0.4 is 5.32 Å². The molecule has 2 nitrogen and oxygen atoms in total. The van der Waals surface area contributed by atoms with Crippen molar-refractivity contribution >= 4 is 0 Å². The third-order valence-corrected chi connectivity index (χ3v) is 3.26. The molecule has 1 atom stereocenters. The van der Waals surface area contributed by atoms with Crippen molar-refractivity contribution in [2.45, 2.75) is 33.7 Å². The Morgan fingerprint density at radius 2 is 1.56 bits per heavy atom. The molecule has 0 spiro atoms. The van der Waals surface area contributed by atoms with Crippen LogP contribution in [0, 0.1) is 27.7 Å². The van der Waals surface area contributed by atoms with Crippen LogP contribution in [0.3, 0.4) is 0 Å². The molecule has 0 amide bonds. The van der Waals surface area contributed by atoms with Gasteiger partial charge in [0.2, 0.25) is 0 Å². The Balaban J connectivity index is 2.48. The lowest BCUT2D eigenvalue weighted by Gasteiger charge is -2.17. The highest BCUT2D eigenvalue weighted by atomic mass is 16.3. The van der Waals surface area contributed by atoms with Crippen LogP contribution in [0.15, 0.2) is 28.7 Å². The molecule has 2 aromatic rings. The lowest BCUT2D eigenvalue weighted by molar-refractivity contribution is 0.497. The molecule has 0 saturated heterocycles. The topological polar surface area (TPSA) is 25.2 Å². The van der Waals surface area contributed by atoms with Crippen molar-refractivity contribution in [2.24, 2.45) is 0 Å². The maximum atomic E-state index is 5.64. The fourth-order valence-electron chi connectivity index (χ4n) is 2.62. The molecule has 1 aromatic carbocycles. The van der Waals surface area contributed by atoms with Gasteiger partial charge < -0.3 is 9.73 Å². The van der Waals surface area contributed by atoms with Crippen LogP contribution >= 0.6 is 0 Å². The van der Waals surface area contributed by atoms with Gasteiger partial charge in [0.15, 0.2) is 0 Å². The zero-order chi connectivity index (χ0) is 13.3. The van der Waals surface area contributed by atoms with Gasteiger partial charge in [-0.15, -0.1) is 0 Å². The third kappa shape index (κ3) is 2.49. The Morgan fingerprint density at radius 3 is 2.00 bits per heavy atom. The van der Waals surface area contributed by atoms with Crippen molar-refractivity contribution in [1.82, 2.24) is 5.32 Å². The van der Waals surface area contributed by atoms with Gasteiger partial charge in [-0.25, -0.2) is 0 Å². The van der Waals surface area contributed by atoms with E-state index < -0.39 is 0 Å². The first-order chi connectivity index (χ1) is 8.51. The van der Waals surface area contributed by atoms with Crippen LogP contribution in [0.4, 0.5) is 0 Å². The molecule has 1 aromatic heterocycles. The summed E-state index contributed by atoms with van der Waals surface area (Å²) in [6, 6.07) is 8.98. The quantitative estimate of drug-likeness (QED) is 0.886. The minimum Gasteiger partial charge on any atom is -0.466 e. The zero-order valence-electron chi connectivity index (χ0n) is 11.8. The molecule has 18 heavy (non-hydrogen) atoms. The summed E-state index contributed by atoms with van der Waals surface area (Å²) in [5.74, 6) is 1.96. The van der Waals surface area contributed by atoms with Gasteiger partial charge in [0.25, 0.3) is 0 Å². The average molecular weight is 243 g/mol. The average Bonchev–Trinajstić information content (AvgIpc) is 2.58. The van der Waals surface area contributed by atoms with E-state index in [-0.39, 0.29) is 6.04 Å². The summed E-state index contributed by atoms with van der Waals surface area (Å²) in [4.78, 5) is 0. The Kier molecular flexibility index (Phi) is 3.58. The number of rotatable bonds is 3. The molecule has 1 N–H and O–H groups in total. The first-order valence-corrected chi connectivity index (χ1v) is 6.33. The molecule has 1 unspecified atom stereocenters. The summed E-state index contributed by atoms with van der Waals surface area (Å²) in [7, 11) is 1.99. The number of hydrogen-bond acceptors (Lipinski definition) is 2. The van der Waals surface area contributed by atoms with E-state index in [2.05, 4.69) is 43.4 Å². The largest absolute Gasteiger partial charge is 0.466 e. The number of benzene rings is 1. The van der Waals surface area contributed by atoms with E-state index in [4.69, 9.17) is 4.42 Å². The molecule has 96 valence electrons. The van der Waals surface area contributed by atoms with Crippen molar-refractivity contribution in [3.63, 3.8) is 0 Å². The first-order valence-electron chi connectivity index (χ1n) is 6.33. The summed E-state index contributed by atoms with van der Waals surface area (Å²) in [5.41, 5.74) is 5.10. The van der Waals surface area contributed by atoms with Gasteiger partial charge >= 0.3 is 0 Å². The molecule has 2 heteroatoms. The summed E-state index contributed by atoms with van der Waals surface area (Å²) in [5, 5.41) is 3.38. The number of furan rings is 1. The fourth-order valence-corrected chi connectivity index (χ4v) is 2.62. The second-order valence-corrected chi connectivity index (χ2v) is 5.01. The first kappa shape index (κ1) is 12.9. The van der Waals surface area contributed by atoms with Crippen molar-refractivity contribution < 1.29 is 4.42 Å². The second-order valence-electron chi connectivity index (χ2n) is 5.01. The molecule has 1 heterocycles. The summed E-state index contributed by atoms with van der Waals surface area (Å²) < 4.78 is 5.64. The second kappa shape index (κ2) is 4.99. The lowest BCUT2D eigenvalue weighted by Crippen LogP contribution is -2.18. The van der Waals surface area contributed by atoms with E-state index in [0.717, 1.165) is 11.5 Å². The molecule has 0 aliphatic carbocycles. The molecule has 2 rings (SSSR count). The highest BCUT2D eigenvalue weighted by Gasteiger charge is 2.17. The minimum absolute atomic E-state index is 0.195. The van der Waals surface area contributed by atoms with Gasteiger partial charge in [0, 0.05) is 5.56 Å². The summed E-state index contributed by atoms with van der Waals surface area (Å²) in [6.07, 6.45) is 0. The Morgan fingerprint density at radius 1 is 0.944 bits per heavy atom. The molecule has 0 fully saturated rings. The monoisotopic (exact) mass is 243 g/mol. The zero-order valence-corrected chi connectivity index (χ0v) is 11.8. The molecule has 0 aliphatic rings. The maximum absolute atomic E-state index is 5.64. The molecule has 0 saturated carbocycles. The fraction of sp³-hybridized carbons (Fsp3) is 0.375. The van der Waals surface area contributed by atoms with Crippen molar-refractivity contribution in [3.05, 3.63) is 58.0 Å². The maximum Gasteiger partial charge on any atom is 0.106 e. The summed E-state index contributed by atoms with van der Waals surface area (Å²) >= 11 is 0. The van der Waals surface area contributed by atoms with E-state index in [1.54, 1.807) is 0 Å². The number of hydrogen-bond donors (Lipinski definition) is 1. The Bertz CT molecular complexity index is 534. The molecular formula is C16H21NO. The van der Waals surface area contributed by atoms with Crippen molar-refractivity contribution in [3.8, 4) is 0 Å². The van der Waals surface area contributed by atoms with Gasteiger partial charge in [-0.2, -0.15) is 0 Å². The smallest absolute Gasteiger partial charge is 0.106 e. The molecule has 0 bridgehead atoms. The van der Waals surface area contributed by atoms with Crippen LogP contribution in [0.1, 0.15) is 39.8 Å². The molecule has 0 radical (unpaired) electrons. The van der Waals surface area contributed by atoms with Gasteiger partial charge in [0.05, 0.1) is 6.04 Å². The van der Waals surface area contributed by atoms with E-state index in [0.29, 0.717) is 0 Å². The Labute approximate surface area is 109 Å². The van der Waals surface area contributed by atoms with Crippen LogP contribution in [0.25, 0.3) is 0 Å². The minimum atomic E-state index is 0.195. The Hall–Kier alpha value is -1.54. The van der Waals surface area contributed by atoms with Crippen LogP contribution in [0.2, 0.25) is 0 Å². The van der Waals surface area contributed by atoms with Gasteiger partial charge in [-0.05, 0) is 46.4 Å². The van der Waals surface area contributed by atoms with E-state index >= 15 is 0 Å². The number of nitrogens with one attached hydrogen (secondary N) is 1. The predicted octanol–water partition coefficient (Wildman–Crippen LogP) is 3.82. The van der Waals surface area contributed by atoms with Gasteiger partial charge in [-0.3, -0.25) is 0 Å². The van der Waals surface area contributed by atoms with Crippen LogP contribution in [-0.2, 0) is 0 Å².